The summed E-state index contributed by atoms with van der Waals surface area (Å²) < 4.78 is 0. The molecule has 116 valence electrons. The third-order valence-corrected chi connectivity index (χ3v) is 4.76. The lowest BCUT2D eigenvalue weighted by Crippen LogP contribution is -2.52. The molecule has 5 nitrogen and oxygen atoms in total. The van der Waals surface area contributed by atoms with Crippen molar-refractivity contribution in [2.75, 3.05) is 33.7 Å². The molecule has 2 rings (SSSR count). The number of nitrogens with zero attached hydrogens (tertiary/aromatic N) is 2. The summed E-state index contributed by atoms with van der Waals surface area (Å²) in [5.74, 6) is -0.726. The topological polar surface area (TPSA) is 55.8 Å². The Balaban J connectivity index is 1.77. The van der Waals surface area contributed by atoms with E-state index in [2.05, 4.69) is 29.2 Å². The van der Waals surface area contributed by atoms with Crippen molar-refractivity contribution >= 4 is 5.97 Å². The number of likely N-dealkylation sites (tertiary alicyclic amines) is 1. The van der Waals surface area contributed by atoms with Crippen LogP contribution in [-0.4, -0.2) is 72.2 Å². The minimum Gasteiger partial charge on any atom is -0.480 e. The van der Waals surface area contributed by atoms with Gasteiger partial charge in [-0.3, -0.25) is 10.1 Å². The maximum atomic E-state index is 11.5. The third kappa shape index (κ3) is 4.17. The summed E-state index contributed by atoms with van der Waals surface area (Å²) in [6, 6.07) is 1.05. The maximum Gasteiger partial charge on any atom is 0.323 e. The highest BCUT2D eigenvalue weighted by atomic mass is 16.4. The molecule has 1 saturated carbocycles. The number of likely N-dealkylation sites (N-methyl/N-ethyl adjacent to an activating group) is 2. The van der Waals surface area contributed by atoms with E-state index in [1.165, 1.54) is 19.4 Å². The zero-order valence-electron chi connectivity index (χ0n) is 13.1. The van der Waals surface area contributed by atoms with E-state index in [4.69, 9.17) is 0 Å². The number of carboxylic acids is 1. The SMILES string of the molecule is CN(CCC(C)(NC1CC1)C(=O)O)CC1CCCN1C. The lowest BCUT2D eigenvalue weighted by molar-refractivity contribution is -0.144. The van der Waals surface area contributed by atoms with Crippen LogP contribution in [0.1, 0.15) is 39.0 Å². The average Bonchev–Trinajstić information content (AvgIpc) is 3.10. The van der Waals surface area contributed by atoms with Gasteiger partial charge in [0.1, 0.15) is 5.54 Å². The number of aliphatic carboxylic acids is 1. The number of hydrogen-bond donors (Lipinski definition) is 2. The van der Waals surface area contributed by atoms with Crippen molar-refractivity contribution in [1.29, 1.82) is 0 Å². The predicted molar refractivity (Wildman–Crippen MR) is 80.0 cm³/mol. The van der Waals surface area contributed by atoms with Crippen LogP contribution in [-0.2, 0) is 4.79 Å². The van der Waals surface area contributed by atoms with Crippen LogP contribution in [0.4, 0.5) is 0 Å². The van der Waals surface area contributed by atoms with Gasteiger partial charge in [-0.25, -0.2) is 0 Å². The molecular weight excluding hydrogens is 254 g/mol. The fourth-order valence-corrected chi connectivity index (χ4v) is 2.99. The number of carboxylic acid groups (broad SMARTS) is 1. The van der Waals surface area contributed by atoms with Gasteiger partial charge in [-0.05, 0) is 59.7 Å². The van der Waals surface area contributed by atoms with Crippen LogP contribution in [0.2, 0.25) is 0 Å². The van der Waals surface area contributed by atoms with Crippen molar-refractivity contribution in [3.8, 4) is 0 Å². The first kappa shape index (κ1) is 15.7. The van der Waals surface area contributed by atoms with Gasteiger partial charge in [0.05, 0.1) is 0 Å². The van der Waals surface area contributed by atoms with Gasteiger partial charge in [0.25, 0.3) is 0 Å². The molecule has 0 aromatic heterocycles. The van der Waals surface area contributed by atoms with Gasteiger partial charge < -0.3 is 14.9 Å². The van der Waals surface area contributed by atoms with Gasteiger partial charge in [0, 0.05) is 25.2 Å². The minimum atomic E-state index is -0.781. The Morgan fingerprint density at radius 2 is 2.15 bits per heavy atom. The second-order valence-corrected chi connectivity index (χ2v) is 6.84. The summed E-state index contributed by atoms with van der Waals surface area (Å²) in [5, 5.41) is 12.7. The molecule has 2 unspecified atom stereocenters. The van der Waals surface area contributed by atoms with Crippen LogP contribution < -0.4 is 5.32 Å². The third-order valence-electron chi connectivity index (χ3n) is 4.76. The van der Waals surface area contributed by atoms with E-state index in [1.54, 1.807) is 0 Å². The molecule has 2 N–H and O–H groups in total. The molecule has 0 aromatic rings. The predicted octanol–water partition coefficient (Wildman–Crippen LogP) is 0.998. The molecule has 0 aromatic carbocycles. The van der Waals surface area contributed by atoms with Crippen LogP contribution in [0.15, 0.2) is 0 Å². The van der Waals surface area contributed by atoms with Crippen molar-refractivity contribution in [3.05, 3.63) is 0 Å². The van der Waals surface area contributed by atoms with Crippen molar-refractivity contribution in [3.63, 3.8) is 0 Å². The smallest absolute Gasteiger partial charge is 0.323 e. The number of hydrogen-bond acceptors (Lipinski definition) is 4. The summed E-state index contributed by atoms with van der Waals surface area (Å²) in [6.45, 7) is 4.88. The van der Waals surface area contributed by atoms with E-state index in [0.717, 1.165) is 25.9 Å². The first-order chi connectivity index (χ1) is 9.40. The Bertz CT molecular complexity index is 346. The molecule has 0 radical (unpaired) electrons. The normalized spacial score (nSPS) is 26.9. The summed E-state index contributed by atoms with van der Waals surface area (Å²) in [5.41, 5.74) is -0.781. The van der Waals surface area contributed by atoms with Gasteiger partial charge in [-0.2, -0.15) is 0 Å². The molecular formula is C15H29N3O2. The zero-order valence-corrected chi connectivity index (χ0v) is 13.1. The van der Waals surface area contributed by atoms with E-state index < -0.39 is 11.5 Å². The van der Waals surface area contributed by atoms with Crippen LogP contribution in [0.3, 0.4) is 0 Å². The number of carbonyl (C=O) groups is 1. The maximum absolute atomic E-state index is 11.5. The number of nitrogens with one attached hydrogen (secondary N) is 1. The molecule has 2 fully saturated rings. The second-order valence-electron chi connectivity index (χ2n) is 6.84. The van der Waals surface area contributed by atoms with E-state index in [0.29, 0.717) is 18.5 Å². The van der Waals surface area contributed by atoms with Crippen LogP contribution in [0.5, 0.6) is 0 Å². The molecule has 20 heavy (non-hydrogen) atoms. The van der Waals surface area contributed by atoms with Crippen LogP contribution in [0.25, 0.3) is 0 Å². The van der Waals surface area contributed by atoms with E-state index in [-0.39, 0.29) is 0 Å². The Labute approximate surface area is 122 Å². The van der Waals surface area contributed by atoms with Crippen molar-refractivity contribution < 1.29 is 9.90 Å². The lowest BCUT2D eigenvalue weighted by Gasteiger charge is -2.31. The van der Waals surface area contributed by atoms with E-state index >= 15 is 0 Å². The van der Waals surface area contributed by atoms with Gasteiger partial charge in [-0.15, -0.1) is 0 Å². The quantitative estimate of drug-likeness (QED) is 0.696. The highest BCUT2D eigenvalue weighted by Gasteiger charge is 2.38. The summed E-state index contributed by atoms with van der Waals surface area (Å²) in [7, 11) is 4.28. The Kier molecular flexibility index (Phi) is 5.04. The molecule has 1 saturated heterocycles. The summed E-state index contributed by atoms with van der Waals surface area (Å²) >= 11 is 0. The largest absolute Gasteiger partial charge is 0.480 e. The summed E-state index contributed by atoms with van der Waals surface area (Å²) in [6.07, 6.45) is 5.44. The van der Waals surface area contributed by atoms with Gasteiger partial charge in [0.15, 0.2) is 0 Å². The fraction of sp³-hybridized carbons (Fsp3) is 0.933. The van der Waals surface area contributed by atoms with Crippen molar-refractivity contribution in [2.45, 2.75) is 56.7 Å². The first-order valence-electron chi connectivity index (χ1n) is 7.80. The van der Waals surface area contributed by atoms with Gasteiger partial charge in [0.2, 0.25) is 0 Å². The molecule has 1 heterocycles. The average molecular weight is 283 g/mol. The Hall–Kier alpha value is -0.650. The molecule has 0 spiro atoms. The Morgan fingerprint density at radius 1 is 1.45 bits per heavy atom. The lowest BCUT2D eigenvalue weighted by atomic mass is 9.97. The standard InChI is InChI=1S/C15H29N3O2/c1-15(14(19)20,16-12-6-7-12)8-10-17(2)11-13-5-4-9-18(13)3/h12-13,16H,4-11H2,1-3H3,(H,19,20). The molecule has 0 bridgehead atoms. The first-order valence-corrected chi connectivity index (χ1v) is 7.80. The molecule has 5 heteroatoms. The molecule has 1 aliphatic heterocycles. The number of rotatable bonds is 8. The van der Waals surface area contributed by atoms with Gasteiger partial charge >= 0.3 is 5.97 Å². The fourth-order valence-electron chi connectivity index (χ4n) is 2.99. The monoisotopic (exact) mass is 283 g/mol. The summed E-state index contributed by atoms with van der Waals surface area (Å²) in [4.78, 5) is 16.2. The molecule has 2 aliphatic rings. The molecule has 0 amide bonds. The van der Waals surface area contributed by atoms with E-state index in [9.17, 15) is 9.90 Å². The second kappa shape index (κ2) is 6.41. The van der Waals surface area contributed by atoms with Crippen molar-refractivity contribution in [2.24, 2.45) is 0 Å². The van der Waals surface area contributed by atoms with Crippen molar-refractivity contribution in [1.82, 2.24) is 15.1 Å². The van der Waals surface area contributed by atoms with Crippen LogP contribution in [0, 0.1) is 0 Å². The Morgan fingerprint density at radius 3 is 2.65 bits per heavy atom. The van der Waals surface area contributed by atoms with Gasteiger partial charge in [-0.1, -0.05) is 0 Å². The zero-order chi connectivity index (χ0) is 14.8. The highest BCUT2D eigenvalue weighted by molar-refractivity contribution is 5.78. The van der Waals surface area contributed by atoms with E-state index in [1.807, 2.05) is 6.92 Å². The minimum absolute atomic E-state index is 0.419. The molecule has 2 atom stereocenters. The molecule has 1 aliphatic carbocycles. The van der Waals surface area contributed by atoms with Crippen LogP contribution >= 0.6 is 0 Å². The highest BCUT2D eigenvalue weighted by Crippen LogP contribution is 2.24.